The molecule has 2 N–H and O–H groups in total. The highest BCUT2D eigenvalue weighted by molar-refractivity contribution is 5.91. The van der Waals surface area contributed by atoms with Crippen molar-refractivity contribution in [1.82, 2.24) is 20.1 Å². The number of nitrogens with zero attached hydrogens (tertiary/aromatic N) is 3. The molecule has 1 unspecified atom stereocenters. The lowest BCUT2D eigenvalue weighted by Gasteiger charge is -2.26. The fourth-order valence-corrected chi connectivity index (χ4v) is 2.09. The van der Waals surface area contributed by atoms with E-state index in [9.17, 15) is 22.8 Å². The van der Waals surface area contributed by atoms with E-state index in [0.29, 0.717) is 5.82 Å². The third kappa shape index (κ3) is 2.10. The lowest BCUT2D eigenvalue weighted by Crippen LogP contribution is -2.47. The molecule has 1 saturated heterocycles. The molecule has 1 aliphatic rings. The van der Waals surface area contributed by atoms with Crippen molar-refractivity contribution in [3.8, 4) is 0 Å². The van der Waals surface area contributed by atoms with Crippen molar-refractivity contribution in [2.75, 3.05) is 13.1 Å². The van der Waals surface area contributed by atoms with Crippen LogP contribution in [0.25, 0.3) is 0 Å². The summed E-state index contributed by atoms with van der Waals surface area (Å²) >= 11 is 0. The number of rotatable bonds is 2. The molecule has 1 aromatic rings. The lowest BCUT2D eigenvalue weighted by molar-refractivity contribution is -0.227. The topological polar surface area (TPSA) is 99.2 Å². The predicted octanol–water partition coefficient (Wildman–Crippen LogP) is 0.592. The highest BCUT2D eigenvalue weighted by atomic mass is 19.4. The summed E-state index contributed by atoms with van der Waals surface area (Å²) in [6, 6.07) is 0. The number of carbonyl (C=O) groups is 2. The summed E-state index contributed by atoms with van der Waals surface area (Å²) in [5.74, 6) is -2.73. The van der Waals surface area contributed by atoms with Gasteiger partial charge in [0.15, 0.2) is 5.41 Å². The predicted molar refractivity (Wildman–Crippen MR) is 57.8 cm³/mol. The van der Waals surface area contributed by atoms with E-state index in [2.05, 4.69) is 15.2 Å². The maximum Gasteiger partial charge on any atom is 0.406 e. The third-order valence-electron chi connectivity index (χ3n) is 3.30. The Labute approximate surface area is 110 Å². The van der Waals surface area contributed by atoms with Crippen LogP contribution in [0.2, 0.25) is 0 Å². The molecule has 0 aromatic carbocycles. The van der Waals surface area contributed by atoms with E-state index >= 15 is 0 Å². The van der Waals surface area contributed by atoms with Crippen LogP contribution in [0.5, 0.6) is 0 Å². The van der Waals surface area contributed by atoms with Gasteiger partial charge in [-0.25, -0.2) is 4.98 Å². The number of carboxylic acids is 1. The zero-order chi connectivity index (χ0) is 15.1. The van der Waals surface area contributed by atoms with Gasteiger partial charge in [-0.1, -0.05) is 0 Å². The smallest absolute Gasteiger partial charge is 0.406 e. The first-order valence-electron chi connectivity index (χ1n) is 5.66. The lowest BCUT2D eigenvalue weighted by atomic mass is 9.86. The minimum Gasteiger partial charge on any atom is -0.481 e. The number of carboxylic acid groups (broad SMARTS) is 1. The Balaban J connectivity index is 2.23. The van der Waals surface area contributed by atoms with Gasteiger partial charge in [0.05, 0.1) is 0 Å². The van der Waals surface area contributed by atoms with Crippen molar-refractivity contribution in [3.63, 3.8) is 0 Å². The van der Waals surface area contributed by atoms with Crippen LogP contribution in [0.15, 0.2) is 0 Å². The number of aromatic nitrogens is 3. The molecule has 0 spiro atoms. The average Bonchev–Trinajstić information content (AvgIpc) is 2.93. The first-order valence-corrected chi connectivity index (χ1v) is 5.66. The van der Waals surface area contributed by atoms with Gasteiger partial charge in [-0.15, -0.1) is 5.10 Å². The Morgan fingerprint density at radius 1 is 1.45 bits per heavy atom. The average molecular weight is 292 g/mol. The number of alkyl halides is 3. The number of hydrogen-bond donors (Lipinski definition) is 2. The van der Waals surface area contributed by atoms with Crippen molar-refractivity contribution in [2.45, 2.75) is 19.5 Å². The third-order valence-corrected chi connectivity index (χ3v) is 3.30. The van der Waals surface area contributed by atoms with E-state index in [0.717, 1.165) is 4.90 Å². The van der Waals surface area contributed by atoms with E-state index < -0.39 is 36.4 Å². The molecule has 1 aliphatic heterocycles. The molecule has 10 heteroatoms. The monoisotopic (exact) mass is 292 g/mol. The maximum absolute atomic E-state index is 13.0. The summed E-state index contributed by atoms with van der Waals surface area (Å²) in [5, 5.41) is 14.8. The Morgan fingerprint density at radius 3 is 2.50 bits per heavy atom. The van der Waals surface area contributed by atoms with Crippen molar-refractivity contribution in [1.29, 1.82) is 0 Å². The number of aromatic amines is 1. The SMILES string of the molecule is Cc1nc(C(=O)N2CCC(C(=O)O)(C(F)(F)F)C2)n[nH]1. The van der Waals surface area contributed by atoms with Crippen molar-refractivity contribution >= 4 is 11.9 Å². The number of amides is 1. The Kier molecular flexibility index (Phi) is 3.18. The fourth-order valence-electron chi connectivity index (χ4n) is 2.09. The summed E-state index contributed by atoms with van der Waals surface area (Å²) in [6.07, 6.45) is -5.61. The number of hydrogen-bond acceptors (Lipinski definition) is 4. The molecule has 0 bridgehead atoms. The number of halogens is 3. The largest absolute Gasteiger partial charge is 0.481 e. The summed E-state index contributed by atoms with van der Waals surface area (Å²) in [6.45, 7) is 0.293. The van der Waals surface area contributed by atoms with Gasteiger partial charge in [0.2, 0.25) is 5.82 Å². The Hall–Kier alpha value is -2.13. The number of aryl methyl sites for hydroxylation is 1. The number of H-pyrrole nitrogens is 1. The second-order valence-electron chi connectivity index (χ2n) is 4.61. The number of aliphatic carboxylic acids is 1. The van der Waals surface area contributed by atoms with Crippen LogP contribution in [0.3, 0.4) is 0 Å². The van der Waals surface area contributed by atoms with Crippen molar-refractivity contribution in [3.05, 3.63) is 11.6 Å². The van der Waals surface area contributed by atoms with Crippen LogP contribution in [0.1, 0.15) is 22.9 Å². The molecule has 0 aliphatic carbocycles. The Bertz CT molecular complexity index is 556. The minimum absolute atomic E-state index is 0.272. The molecular formula is C10H11F3N4O3. The van der Waals surface area contributed by atoms with Crippen molar-refractivity contribution < 1.29 is 27.9 Å². The fraction of sp³-hybridized carbons (Fsp3) is 0.600. The highest BCUT2D eigenvalue weighted by Crippen LogP contribution is 2.45. The molecule has 2 rings (SSSR count). The minimum atomic E-state index is -4.93. The highest BCUT2D eigenvalue weighted by Gasteiger charge is 2.64. The van der Waals surface area contributed by atoms with Crippen LogP contribution in [-0.4, -0.2) is 56.3 Å². The van der Waals surface area contributed by atoms with Crippen LogP contribution >= 0.6 is 0 Å². The zero-order valence-electron chi connectivity index (χ0n) is 10.4. The van der Waals surface area contributed by atoms with E-state index in [1.165, 1.54) is 6.92 Å². The van der Waals surface area contributed by atoms with Gasteiger partial charge in [0.25, 0.3) is 5.91 Å². The normalized spacial score (nSPS) is 23.1. The second-order valence-corrected chi connectivity index (χ2v) is 4.61. The summed E-state index contributed by atoms with van der Waals surface area (Å²) in [7, 11) is 0. The van der Waals surface area contributed by atoms with E-state index in [1.54, 1.807) is 0 Å². The molecule has 0 saturated carbocycles. The molecule has 2 heterocycles. The van der Waals surface area contributed by atoms with Gasteiger partial charge in [-0.2, -0.15) is 13.2 Å². The van der Waals surface area contributed by atoms with Crippen LogP contribution in [0.4, 0.5) is 13.2 Å². The van der Waals surface area contributed by atoms with Crippen LogP contribution in [0, 0.1) is 12.3 Å². The summed E-state index contributed by atoms with van der Waals surface area (Å²) < 4.78 is 38.9. The first kappa shape index (κ1) is 14.3. The molecule has 20 heavy (non-hydrogen) atoms. The van der Waals surface area contributed by atoms with Gasteiger partial charge >= 0.3 is 12.1 Å². The number of nitrogens with one attached hydrogen (secondary N) is 1. The molecule has 7 nitrogen and oxygen atoms in total. The molecule has 1 fully saturated rings. The number of likely N-dealkylation sites (tertiary alicyclic amines) is 1. The summed E-state index contributed by atoms with van der Waals surface area (Å²) in [4.78, 5) is 27.4. The molecule has 1 atom stereocenters. The molecule has 1 aromatic heterocycles. The molecular weight excluding hydrogens is 281 g/mol. The standard InChI is InChI=1S/C10H11F3N4O3/c1-5-14-6(16-15-5)7(18)17-3-2-9(4-17,8(19)20)10(11,12)13/h2-4H2,1H3,(H,19,20)(H,14,15,16). The molecule has 1 amide bonds. The van der Waals surface area contributed by atoms with E-state index in [1.807, 2.05) is 0 Å². The molecule has 110 valence electrons. The van der Waals surface area contributed by atoms with Gasteiger partial charge in [0, 0.05) is 13.1 Å². The first-order chi connectivity index (χ1) is 9.17. The van der Waals surface area contributed by atoms with E-state index in [-0.39, 0.29) is 12.4 Å². The zero-order valence-corrected chi connectivity index (χ0v) is 10.4. The van der Waals surface area contributed by atoms with Gasteiger partial charge in [-0.05, 0) is 13.3 Å². The van der Waals surface area contributed by atoms with Gasteiger partial charge in [-0.3, -0.25) is 14.7 Å². The Morgan fingerprint density at radius 2 is 2.10 bits per heavy atom. The van der Waals surface area contributed by atoms with Crippen LogP contribution < -0.4 is 0 Å². The summed E-state index contributed by atoms with van der Waals surface area (Å²) in [5.41, 5.74) is -2.92. The van der Waals surface area contributed by atoms with Crippen LogP contribution in [-0.2, 0) is 4.79 Å². The number of carbonyl (C=O) groups excluding carboxylic acids is 1. The maximum atomic E-state index is 13.0. The van der Waals surface area contributed by atoms with Gasteiger partial charge < -0.3 is 10.0 Å². The second kappa shape index (κ2) is 4.46. The quantitative estimate of drug-likeness (QED) is 0.831. The van der Waals surface area contributed by atoms with Gasteiger partial charge in [0.1, 0.15) is 5.82 Å². The van der Waals surface area contributed by atoms with E-state index in [4.69, 9.17) is 5.11 Å². The van der Waals surface area contributed by atoms with Crippen molar-refractivity contribution in [2.24, 2.45) is 5.41 Å². The molecule has 0 radical (unpaired) electrons.